The summed E-state index contributed by atoms with van der Waals surface area (Å²) < 4.78 is 15.0. The van der Waals surface area contributed by atoms with Crippen molar-refractivity contribution in [3.8, 4) is 33.4 Å². The van der Waals surface area contributed by atoms with Gasteiger partial charge >= 0.3 is 0 Å². The lowest BCUT2D eigenvalue weighted by Gasteiger charge is -2.17. The van der Waals surface area contributed by atoms with E-state index in [0.717, 1.165) is 55.3 Å². The van der Waals surface area contributed by atoms with E-state index >= 15 is 0 Å². The van der Waals surface area contributed by atoms with Gasteiger partial charge in [0.2, 0.25) is 0 Å². The molecule has 5 aromatic carbocycles. The topological polar surface area (TPSA) is 34.4 Å². The summed E-state index contributed by atoms with van der Waals surface area (Å²) in [6.45, 7) is 3.64. The Bertz CT molecular complexity index is 2050. The molecule has 0 amide bonds. The van der Waals surface area contributed by atoms with E-state index in [1.165, 1.54) is 10.9 Å². The summed E-state index contributed by atoms with van der Waals surface area (Å²) in [5.74, 6) is 0. The van der Waals surface area contributed by atoms with Crippen molar-refractivity contribution in [2.24, 2.45) is 0 Å². The average molecular weight is 523 g/mol. The van der Waals surface area contributed by atoms with Crippen LogP contribution in [0.25, 0.3) is 61.0 Å². The van der Waals surface area contributed by atoms with Gasteiger partial charge in [-0.3, -0.25) is 4.40 Å². The number of aromatic nitrogens is 2. The molecule has 0 radical (unpaired) electrons. The largest absolute Gasteiger partial charge is 0.319 e. The van der Waals surface area contributed by atoms with Gasteiger partial charge in [-0.1, -0.05) is 103 Å². The second kappa shape index (κ2) is 9.08. The van der Waals surface area contributed by atoms with Crippen LogP contribution in [0.3, 0.4) is 0 Å². The van der Waals surface area contributed by atoms with E-state index in [2.05, 4.69) is 114 Å². The molecule has 0 saturated heterocycles. The molecule has 4 heteroatoms. The van der Waals surface area contributed by atoms with Gasteiger partial charge in [0.1, 0.15) is 12.8 Å². The Balaban J connectivity index is 1.53. The number of nitrogens with zero attached hydrogens (tertiary/aromatic N) is 2. The molecule has 0 aliphatic heterocycles. The summed E-state index contributed by atoms with van der Waals surface area (Å²) in [6, 6.07) is 44.3. The van der Waals surface area contributed by atoms with Gasteiger partial charge < -0.3 is 4.57 Å². The minimum atomic E-state index is -2.34. The first-order valence-corrected chi connectivity index (χ1v) is 15.7. The molecule has 0 unspecified atom stereocenters. The molecule has 0 fully saturated rings. The lowest BCUT2D eigenvalue weighted by atomic mass is 9.91. The SMILES string of the molecule is CP(C)(=O)c1cccc(-c2ccc(-c3c(-c4ccccc4)c4ccccc4n4c3nc3ccccc34)cc2)c1. The number of benzene rings is 5. The van der Waals surface area contributed by atoms with Crippen LogP contribution in [0.5, 0.6) is 0 Å². The monoisotopic (exact) mass is 522 g/mol. The Labute approximate surface area is 227 Å². The van der Waals surface area contributed by atoms with Gasteiger partial charge in [0.25, 0.3) is 0 Å². The maximum atomic E-state index is 12.7. The molecule has 0 aliphatic rings. The molecule has 39 heavy (non-hydrogen) atoms. The highest BCUT2D eigenvalue weighted by Crippen LogP contribution is 2.43. The first-order valence-electron chi connectivity index (χ1n) is 13.1. The maximum Gasteiger partial charge on any atom is 0.147 e. The van der Waals surface area contributed by atoms with Crippen molar-refractivity contribution < 1.29 is 4.57 Å². The van der Waals surface area contributed by atoms with Crippen LogP contribution in [0, 0.1) is 0 Å². The summed E-state index contributed by atoms with van der Waals surface area (Å²) in [6.07, 6.45) is 0. The average Bonchev–Trinajstić information content (AvgIpc) is 3.36. The third-order valence-electron chi connectivity index (χ3n) is 7.49. The van der Waals surface area contributed by atoms with E-state index in [1.54, 1.807) is 0 Å². The number of fused-ring (bicyclic) bond motifs is 5. The van der Waals surface area contributed by atoms with E-state index in [-0.39, 0.29) is 0 Å². The van der Waals surface area contributed by atoms with E-state index in [0.29, 0.717) is 0 Å². The van der Waals surface area contributed by atoms with E-state index in [4.69, 9.17) is 4.98 Å². The predicted molar refractivity (Wildman–Crippen MR) is 166 cm³/mol. The first kappa shape index (κ1) is 23.6. The summed E-state index contributed by atoms with van der Waals surface area (Å²) in [4.78, 5) is 5.18. The van der Waals surface area contributed by atoms with Gasteiger partial charge in [-0.05, 0) is 59.8 Å². The Kier molecular flexibility index (Phi) is 5.50. The third-order valence-corrected chi connectivity index (χ3v) is 9.01. The smallest absolute Gasteiger partial charge is 0.147 e. The number of hydrogen-bond acceptors (Lipinski definition) is 2. The zero-order valence-corrected chi connectivity index (χ0v) is 22.8. The quantitative estimate of drug-likeness (QED) is 0.216. The first-order chi connectivity index (χ1) is 19.0. The van der Waals surface area contributed by atoms with Crippen molar-refractivity contribution >= 4 is 40.0 Å². The fourth-order valence-corrected chi connectivity index (χ4v) is 6.49. The van der Waals surface area contributed by atoms with Gasteiger partial charge in [-0.2, -0.15) is 0 Å². The van der Waals surface area contributed by atoms with Crippen LogP contribution >= 0.6 is 7.14 Å². The minimum absolute atomic E-state index is 0.899. The second-order valence-electron chi connectivity index (χ2n) is 10.4. The van der Waals surface area contributed by atoms with Crippen LogP contribution < -0.4 is 5.30 Å². The number of rotatable bonds is 4. The van der Waals surface area contributed by atoms with E-state index in [1.807, 2.05) is 31.5 Å². The Morgan fingerprint density at radius 1 is 0.564 bits per heavy atom. The molecule has 3 nitrogen and oxygen atoms in total. The minimum Gasteiger partial charge on any atom is -0.319 e. The highest BCUT2D eigenvalue weighted by atomic mass is 31.2. The molecule has 0 spiro atoms. The molecule has 2 aromatic heterocycles. The summed E-state index contributed by atoms with van der Waals surface area (Å²) in [5.41, 5.74) is 10.9. The van der Waals surface area contributed by atoms with Gasteiger partial charge in [-0.15, -0.1) is 0 Å². The van der Waals surface area contributed by atoms with Crippen LogP contribution in [0.4, 0.5) is 0 Å². The van der Waals surface area contributed by atoms with Crippen molar-refractivity contribution in [2.45, 2.75) is 0 Å². The lowest BCUT2D eigenvalue weighted by molar-refractivity contribution is 0.588. The molecule has 0 aliphatic carbocycles. The maximum absolute atomic E-state index is 12.7. The standard InChI is InChI=1S/C35H27N2OP/c1-39(2,38)28-14-10-13-27(23-28)24-19-21-26(22-20-24)34-33(25-11-4-3-5-12-25)29-15-6-8-17-31(29)37-32-18-9-7-16-30(32)36-35(34)37/h3-23H,1-2H3. The normalized spacial score (nSPS) is 11.9. The Morgan fingerprint density at radius 2 is 1.18 bits per heavy atom. The van der Waals surface area contributed by atoms with Crippen molar-refractivity contribution in [1.29, 1.82) is 0 Å². The Hall–Kier alpha value is -4.46. The van der Waals surface area contributed by atoms with Crippen molar-refractivity contribution in [2.75, 3.05) is 13.3 Å². The molecule has 0 atom stereocenters. The molecular weight excluding hydrogens is 495 g/mol. The molecule has 7 aromatic rings. The highest BCUT2D eigenvalue weighted by Gasteiger charge is 2.21. The van der Waals surface area contributed by atoms with Crippen LogP contribution in [0.1, 0.15) is 0 Å². The number of pyridine rings is 1. The second-order valence-corrected chi connectivity index (χ2v) is 13.6. The third kappa shape index (κ3) is 3.98. The van der Waals surface area contributed by atoms with Gasteiger partial charge in [0, 0.05) is 21.8 Å². The predicted octanol–water partition coefficient (Wildman–Crippen LogP) is 8.89. The molecule has 188 valence electrons. The number of imidazole rings is 1. The molecule has 0 saturated carbocycles. The van der Waals surface area contributed by atoms with Crippen LogP contribution in [0.2, 0.25) is 0 Å². The summed E-state index contributed by atoms with van der Waals surface area (Å²) in [5, 5.41) is 2.09. The molecule has 0 N–H and O–H groups in total. The molecule has 2 heterocycles. The van der Waals surface area contributed by atoms with Gasteiger partial charge in [0.05, 0.1) is 16.6 Å². The number of hydrogen-bond donors (Lipinski definition) is 0. The fourth-order valence-electron chi connectivity index (χ4n) is 5.59. The number of para-hydroxylation sites is 3. The van der Waals surface area contributed by atoms with Gasteiger partial charge in [-0.25, -0.2) is 4.98 Å². The Morgan fingerprint density at radius 3 is 1.95 bits per heavy atom. The highest BCUT2D eigenvalue weighted by molar-refractivity contribution is 7.70. The van der Waals surface area contributed by atoms with Crippen LogP contribution in [-0.4, -0.2) is 22.7 Å². The van der Waals surface area contributed by atoms with Crippen LogP contribution in [0.15, 0.2) is 127 Å². The fraction of sp³-hybridized carbons (Fsp3) is 0.0571. The van der Waals surface area contributed by atoms with Crippen molar-refractivity contribution in [1.82, 2.24) is 9.38 Å². The van der Waals surface area contributed by atoms with Crippen molar-refractivity contribution in [3.05, 3.63) is 127 Å². The lowest BCUT2D eigenvalue weighted by Crippen LogP contribution is -2.02. The summed E-state index contributed by atoms with van der Waals surface area (Å²) >= 11 is 0. The van der Waals surface area contributed by atoms with E-state index in [9.17, 15) is 4.57 Å². The molecule has 0 bridgehead atoms. The summed E-state index contributed by atoms with van der Waals surface area (Å²) in [7, 11) is -2.34. The van der Waals surface area contributed by atoms with Crippen molar-refractivity contribution in [3.63, 3.8) is 0 Å². The zero-order chi connectivity index (χ0) is 26.6. The molecule has 7 rings (SSSR count). The van der Waals surface area contributed by atoms with Gasteiger partial charge in [0.15, 0.2) is 0 Å². The zero-order valence-electron chi connectivity index (χ0n) is 21.9. The molecular formula is C35H27N2OP. The van der Waals surface area contributed by atoms with E-state index < -0.39 is 7.14 Å². The van der Waals surface area contributed by atoms with Crippen LogP contribution in [-0.2, 0) is 4.57 Å².